The van der Waals surface area contributed by atoms with E-state index in [9.17, 15) is 9.90 Å². The minimum Gasteiger partial charge on any atom is -0.481 e. The predicted octanol–water partition coefficient (Wildman–Crippen LogP) is 1.87. The van der Waals surface area contributed by atoms with Crippen LogP contribution in [0.2, 0.25) is 0 Å². The SMILES string of the molecule is O=C(S)CC(O)C(=S)OC1CCCCC1. The molecular formula is C10H16O3S2. The highest BCUT2D eigenvalue weighted by atomic mass is 32.1. The van der Waals surface area contributed by atoms with Gasteiger partial charge < -0.3 is 9.84 Å². The Bertz CT molecular complexity index is 237. The number of rotatable bonds is 4. The number of thiocarbonyl (C=S) groups is 1. The monoisotopic (exact) mass is 248 g/mol. The molecule has 1 aliphatic carbocycles. The third-order valence-electron chi connectivity index (χ3n) is 2.48. The van der Waals surface area contributed by atoms with Crippen molar-refractivity contribution in [1.82, 2.24) is 0 Å². The lowest BCUT2D eigenvalue weighted by Crippen LogP contribution is -2.28. The maximum atomic E-state index is 10.6. The molecule has 0 amide bonds. The van der Waals surface area contributed by atoms with E-state index in [1.165, 1.54) is 6.42 Å². The van der Waals surface area contributed by atoms with Crippen LogP contribution in [-0.4, -0.2) is 27.5 Å². The number of aliphatic hydroxyl groups excluding tert-OH is 1. The molecule has 1 fully saturated rings. The molecule has 0 aromatic heterocycles. The van der Waals surface area contributed by atoms with Crippen LogP contribution >= 0.6 is 24.8 Å². The molecule has 0 saturated heterocycles. The van der Waals surface area contributed by atoms with Gasteiger partial charge in [-0.2, -0.15) is 0 Å². The molecule has 0 spiro atoms. The summed E-state index contributed by atoms with van der Waals surface area (Å²) in [6.45, 7) is 0. The molecule has 0 radical (unpaired) electrons. The van der Waals surface area contributed by atoms with E-state index in [2.05, 4.69) is 12.6 Å². The van der Waals surface area contributed by atoms with Gasteiger partial charge in [-0.05, 0) is 37.9 Å². The maximum absolute atomic E-state index is 10.6. The summed E-state index contributed by atoms with van der Waals surface area (Å²) < 4.78 is 5.45. The Morgan fingerprint density at radius 1 is 1.47 bits per heavy atom. The molecule has 1 atom stereocenters. The molecule has 1 saturated carbocycles. The van der Waals surface area contributed by atoms with Gasteiger partial charge in [0.2, 0.25) is 0 Å². The molecule has 1 aliphatic rings. The molecule has 3 nitrogen and oxygen atoms in total. The highest BCUT2D eigenvalue weighted by Gasteiger charge is 2.21. The second-order valence-corrected chi connectivity index (χ2v) is 4.71. The first-order valence-corrected chi connectivity index (χ1v) is 6.05. The molecule has 86 valence electrons. The summed E-state index contributed by atoms with van der Waals surface area (Å²) >= 11 is 8.50. The lowest BCUT2D eigenvalue weighted by molar-refractivity contribution is -0.112. The zero-order valence-electron chi connectivity index (χ0n) is 8.52. The van der Waals surface area contributed by atoms with Crippen molar-refractivity contribution in [3.05, 3.63) is 0 Å². The molecular weight excluding hydrogens is 232 g/mol. The number of carbonyl (C=O) groups is 1. The normalized spacial score (nSPS) is 19.6. The van der Waals surface area contributed by atoms with Crippen LogP contribution in [0.15, 0.2) is 0 Å². The summed E-state index contributed by atoms with van der Waals surface area (Å²) in [6, 6.07) is 0. The first kappa shape index (κ1) is 12.9. The second kappa shape index (κ2) is 6.45. The average molecular weight is 248 g/mol. The first-order valence-electron chi connectivity index (χ1n) is 5.20. The summed E-state index contributed by atoms with van der Waals surface area (Å²) in [5.74, 6) is 0. The third kappa shape index (κ3) is 4.95. The van der Waals surface area contributed by atoms with Crippen molar-refractivity contribution in [2.45, 2.75) is 50.7 Å². The van der Waals surface area contributed by atoms with Gasteiger partial charge in [-0.1, -0.05) is 6.42 Å². The van der Waals surface area contributed by atoms with Crippen LogP contribution in [-0.2, 0) is 9.53 Å². The Labute approximate surface area is 101 Å². The number of hydrogen-bond acceptors (Lipinski definition) is 4. The van der Waals surface area contributed by atoms with Gasteiger partial charge in [-0.3, -0.25) is 4.79 Å². The molecule has 0 aliphatic heterocycles. The molecule has 5 heteroatoms. The Hall–Kier alpha value is -0.130. The van der Waals surface area contributed by atoms with E-state index >= 15 is 0 Å². The van der Waals surface area contributed by atoms with Crippen molar-refractivity contribution < 1.29 is 14.6 Å². The van der Waals surface area contributed by atoms with Crippen molar-refractivity contribution in [3.8, 4) is 0 Å². The number of hydrogen-bond donors (Lipinski definition) is 2. The quantitative estimate of drug-likeness (QED) is 0.589. The molecule has 15 heavy (non-hydrogen) atoms. The molecule has 1 rings (SSSR count). The summed E-state index contributed by atoms with van der Waals surface area (Å²) in [5.41, 5.74) is 0. The van der Waals surface area contributed by atoms with Crippen LogP contribution < -0.4 is 0 Å². The lowest BCUT2D eigenvalue weighted by atomic mass is 9.98. The first-order chi connectivity index (χ1) is 7.09. The van der Waals surface area contributed by atoms with Crippen LogP contribution in [0.25, 0.3) is 0 Å². The van der Waals surface area contributed by atoms with Crippen LogP contribution in [0.1, 0.15) is 38.5 Å². The number of thiol groups is 1. The number of aliphatic hydroxyl groups is 1. The minimum absolute atomic E-state index is 0.0747. The van der Waals surface area contributed by atoms with Gasteiger partial charge in [0.15, 0.2) is 10.2 Å². The lowest BCUT2D eigenvalue weighted by Gasteiger charge is -2.24. The topological polar surface area (TPSA) is 46.5 Å². The van der Waals surface area contributed by atoms with E-state index in [0.717, 1.165) is 25.7 Å². The minimum atomic E-state index is -0.994. The largest absolute Gasteiger partial charge is 0.481 e. The van der Waals surface area contributed by atoms with Gasteiger partial charge in [0.25, 0.3) is 0 Å². The van der Waals surface area contributed by atoms with Gasteiger partial charge in [-0.25, -0.2) is 0 Å². The zero-order chi connectivity index (χ0) is 11.3. The molecule has 0 aromatic carbocycles. The highest BCUT2D eigenvalue weighted by Crippen LogP contribution is 2.21. The molecule has 0 bridgehead atoms. The van der Waals surface area contributed by atoms with Crippen molar-refractivity contribution in [2.75, 3.05) is 0 Å². The standard InChI is InChI=1S/C10H16O3S2/c11-8(6-9(12)14)10(15)13-7-4-2-1-3-5-7/h7-8,11H,1-6H2,(H,12,14). The Morgan fingerprint density at radius 2 is 2.07 bits per heavy atom. The molecule has 0 aromatic rings. The smallest absolute Gasteiger partial charge is 0.189 e. The summed E-state index contributed by atoms with van der Waals surface area (Å²) in [5, 5.41) is 9.23. The van der Waals surface area contributed by atoms with E-state index in [1.807, 2.05) is 0 Å². The van der Waals surface area contributed by atoms with Gasteiger partial charge in [0, 0.05) is 0 Å². The fourth-order valence-corrected chi connectivity index (χ4v) is 2.07. The van der Waals surface area contributed by atoms with Gasteiger partial charge in [0.1, 0.15) is 6.10 Å². The Balaban J connectivity index is 2.30. The fourth-order valence-electron chi connectivity index (χ4n) is 1.67. The van der Waals surface area contributed by atoms with E-state index in [-0.39, 0.29) is 22.7 Å². The van der Waals surface area contributed by atoms with Crippen molar-refractivity contribution in [1.29, 1.82) is 0 Å². The number of carbonyl (C=O) groups excluding carboxylic acids is 1. The summed E-state index contributed by atoms with van der Waals surface area (Å²) in [7, 11) is 0. The van der Waals surface area contributed by atoms with Crippen LogP contribution in [0.5, 0.6) is 0 Å². The molecule has 1 N–H and O–H groups in total. The summed E-state index contributed by atoms with van der Waals surface area (Å²) in [6.07, 6.45) is 4.56. The predicted molar refractivity (Wildman–Crippen MR) is 65.2 cm³/mol. The van der Waals surface area contributed by atoms with Gasteiger partial charge >= 0.3 is 0 Å². The van der Waals surface area contributed by atoms with E-state index in [0.29, 0.717) is 0 Å². The Morgan fingerprint density at radius 3 is 2.60 bits per heavy atom. The van der Waals surface area contributed by atoms with Gasteiger partial charge in [-0.15, -0.1) is 12.6 Å². The Kier molecular flexibility index (Phi) is 5.56. The molecule has 0 heterocycles. The van der Waals surface area contributed by atoms with Crippen LogP contribution in [0.4, 0.5) is 0 Å². The van der Waals surface area contributed by atoms with Crippen molar-refractivity contribution in [2.24, 2.45) is 0 Å². The summed E-state index contributed by atoms with van der Waals surface area (Å²) in [4.78, 5) is 10.6. The van der Waals surface area contributed by atoms with E-state index in [4.69, 9.17) is 17.0 Å². The van der Waals surface area contributed by atoms with Crippen LogP contribution in [0, 0.1) is 0 Å². The third-order valence-corrected chi connectivity index (χ3v) is 3.03. The van der Waals surface area contributed by atoms with Crippen LogP contribution in [0.3, 0.4) is 0 Å². The average Bonchev–Trinajstić information content (AvgIpc) is 2.18. The zero-order valence-corrected chi connectivity index (χ0v) is 10.2. The van der Waals surface area contributed by atoms with Crippen molar-refractivity contribution >= 4 is 35.0 Å². The van der Waals surface area contributed by atoms with E-state index in [1.54, 1.807) is 0 Å². The van der Waals surface area contributed by atoms with Gasteiger partial charge in [0.05, 0.1) is 12.5 Å². The van der Waals surface area contributed by atoms with E-state index < -0.39 is 6.10 Å². The number of ether oxygens (including phenoxy) is 1. The maximum Gasteiger partial charge on any atom is 0.189 e. The molecule has 1 unspecified atom stereocenters. The fraction of sp³-hybridized carbons (Fsp3) is 0.800. The second-order valence-electron chi connectivity index (χ2n) is 3.81. The highest BCUT2D eigenvalue weighted by molar-refractivity contribution is 7.96. The van der Waals surface area contributed by atoms with Crippen molar-refractivity contribution in [3.63, 3.8) is 0 Å².